The monoisotopic (exact) mass is 365 g/mol. The molecule has 0 spiro atoms. The van der Waals surface area contributed by atoms with Gasteiger partial charge in [0.2, 0.25) is 0 Å². The number of amides is 1. The van der Waals surface area contributed by atoms with Crippen molar-refractivity contribution in [3.05, 3.63) is 51.9 Å². The highest BCUT2D eigenvalue weighted by atomic mass is 16.2. The van der Waals surface area contributed by atoms with Crippen molar-refractivity contribution in [2.45, 2.75) is 51.6 Å². The Morgan fingerprint density at radius 1 is 1.30 bits per heavy atom. The maximum absolute atomic E-state index is 12.9. The number of hydrogen-bond acceptors (Lipinski definition) is 4. The minimum Gasteiger partial charge on any atom is -0.349 e. The predicted molar refractivity (Wildman–Crippen MR) is 103 cm³/mol. The molecular formula is C20H23N5O2. The summed E-state index contributed by atoms with van der Waals surface area (Å²) in [7, 11) is 0. The standard InChI is InChI=1S/C20H23N5O2/c1-2-24-17(21)14(19(26)22-13-8-4-3-5-9-13)12-15-18(24)23-16-10-6-7-11-25(16)20(15)27/h6-7,10-13,21H,2-5,8-9H2,1H3,(H,22,26). The predicted octanol–water partition coefficient (Wildman–Crippen LogP) is 2.21. The number of carbonyl (C=O) groups is 1. The van der Waals surface area contributed by atoms with Crippen LogP contribution in [0.1, 0.15) is 49.4 Å². The zero-order valence-corrected chi connectivity index (χ0v) is 15.4. The quantitative estimate of drug-likeness (QED) is 0.697. The highest BCUT2D eigenvalue weighted by Crippen LogP contribution is 2.18. The molecule has 3 heterocycles. The van der Waals surface area contributed by atoms with E-state index in [9.17, 15) is 9.59 Å². The van der Waals surface area contributed by atoms with Gasteiger partial charge in [-0.2, -0.15) is 0 Å². The Hall–Kier alpha value is -2.96. The molecule has 0 unspecified atom stereocenters. The number of aryl methyl sites for hydroxylation is 1. The molecule has 3 aromatic heterocycles. The molecule has 1 aliphatic rings. The fourth-order valence-electron chi connectivity index (χ4n) is 3.88. The van der Waals surface area contributed by atoms with Crippen molar-refractivity contribution in [1.29, 1.82) is 5.41 Å². The number of nitrogens with one attached hydrogen (secondary N) is 2. The first-order valence-electron chi connectivity index (χ1n) is 9.50. The van der Waals surface area contributed by atoms with E-state index in [1.807, 2.05) is 13.0 Å². The van der Waals surface area contributed by atoms with Crippen LogP contribution in [0, 0.1) is 5.41 Å². The van der Waals surface area contributed by atoms with Gasteiger partial charge >= 0.3 is 0 Å². The van der Waals surface area contributed by atoms with E-state index in [0.717, 1.165) is 25.7 Å². The maximum Gasteiger partial charge on any atom is 0.267 e. The van der Waals surface area contributed by atoms with E-state index in [1.165, 1.54) is 16.9 Å². The number of rotatable bonds is 3. The second kappa shape index (κ2) is 6.98. The van der Waals surface area contributed by atoms with E-state index < -0.39 is 0 Å². The van der Waals surface area contributed by atoms with E-state index >= 15 is 0 Å². The average molecular weight is 365 g/mol. The van der Waals surface area contributed by atoms with Gasteiger partial charge in [0, 0.05) is 18.8 Å². The van der Waals surface area contributed by atoms with E-state index in [-0.39, 0.29) is 28.6 Å². The molecule has 0 bridgehead atoms. The first-order valence-corrected chi connectivity index (χ1v) is 9.50. The molecule has 0 radical (unpaired) electrons. The zero-order valence-electron chi connectivity index (χ0n) is 15.4. The first-order chi connectivity index (χ1) is 13.1. The van der Waals surface area contributed by atoms with Gasteiger partial charge in [-0.1, -0.05) is 25.3 Å². The Morgan fingerprint density at radius 3 is 2.81 bits per heavy atom. The lowest BCUT2D eigenvalue weighted by Gasteiger charge is -2.23. The third-order valence-corrected chi connectivity index (χ3v) is 5.32. The Bertz CT molecular complexity index is 1140. The fraction of sp³-hybridized carbons (Fsp3) is 0.400. The molecule has 0 aromatic carbocycles. The van der Waals surface area contributed by atoms with Crippen LogP contribution in [0.3, 0.4) is 0 Å². The van der Waals surface area contributed by atoms with Crippen LogP contribution >= 0.6 is 0 Å². The molecule has 1 saturated carbocycles. The van der Waals surface area contributed by atoms with Crippen LogP contribution in [0.2, 0.25) is 0 Å². The van der Waals surface area contributed by atoms with E-state index in [2.05, 4.69) is 10.3 Å². The number of fused-ring (bicyclic) bond motifs is 2. The summed E-state index contributed by atoms with van der Waals surface area (Å²) in [6.45, 7) is 2.34. The lowest BCUT2D eigenvalue weighted by atomic mass is 9.95. The second-order valence-electron chi connectivity index (χ2n) is 7.04. The van der Waals surface area contributed by atoms with Crippen LogP contribution in [-0.2, 0) is 6.54 Å². The molecule has 1 amide bonds. The van der Waals surface area contributed by atoms with Crippen LogP contribution in [0.25, 0.3) is 16.7 Å². The Morgan fingerprint density at radius 2 is 2.07 bits per heavy atom. The van der Waals surface area contributed by atoms with Gasteiger partial charge in [-0.05, 0) is 38.0 Å². The minimum atomic E-state index is -0.284. The molecule has 140 valence electrons. The molecule has 0 saturated heterocycles. The van der Waals surface area contributed by atoms with Crippen molar-refractivity contribution in [2.75, 3.05) is 0 Å². The van der Waals surface area contributed by atoms with Crippen molar-refractivity contribution >= 4 is 22.6 Å². The van der Waals surface area contributed by atoms with Gasteiger partial charge in [0.25, 0.3) is 11.5 Å². The van der Waals surface area contributed by atoms with E-state index in [4.69, 9.17) is 5.41 Å². The summed E-state index contributed by atoms with van der Waals surface area (Å²) in [5.74, 6) is -0.284. The molecule has 7 nitrogen and oxygen atoms in total. The van der Waals surface area contributed by atoms with Crippen LogP contribution in [0.15, 0.2) is 35.3 Å². The lowest BCUT2D eigenvalue weighted by molar-refractivity contribution is 0.0925. The molecular weight excluding hydrogens is 342 g/mol. The van der Waals surface area contributed by atoms with Crippen molar-refractivity contribution < 1.29 is 4.79 Å². The highest BCUT2D eigenvalue weighted by Gasteiger charge is 2.20. The number of hydrogen-bond donors (Lipinski definition) is 2. The highest BCUT2D eigenvalue weighted by molar-refractivity contribution is 5.97. The Labute approximate surface area is 156 Å². The average Bonchev–Trinajstić information content (AvgIpc) is 2.69. The van der Waals surface area contributed by atoms with Crippen molar-refractivity contribution in [1.82, 2.24) is 19.3 Å². The smallest absolute Gasteiger partial charge is 0.267 e. The topological polar surface area (TPSA) is 92.2 Å². The third kappa shape index (κ3) is 3.03. The summed E-state index contributed by atoms with van der Waals surface area (Å²) in [6.07, 6.45) is 7.03. The van der Waals surface area contributed by atoms with Gasteiger partial charge in [0.15, 0.2) is 0 Å². The van der Waals surface area contributed by atoms with Crippen molar-refractivity contribution in [3.8, 4) is 0 Å². The largest absolute Gasteiger partial charge is 0.349 e. The van der Waals surface area contributed by atoms with Crippen LogP contribution in [-0.4, -0.2) is 25.9 Å². The van der Waals surface area contributed by atoms with Gasteiger partial charge in [0.05, 0.1) is 10.9 Å². The normalized spacial score (nSPS) is 15.3. The fourth-order valence-corrected chi connectivity index (χ4v) is 3.88. The van der Waals surface area contributed by atoms with E-state index in [0.29, 0.717) is 23.2 Å². The van der Waals surface area contributed by atoms with Gasteiger partial charge in [-0.25, -0.2) is 4.98 Å². The SMILES string of the molecule is CCn1c(=N)c(C(=O)NC2CCCCC2)cc2c(=O)n3ccccc3nc21. The second-order valence-corrected chi connectivity index (χ2v) is 7.04. The summed E-state index contributed by atoms with van der Waals surface area (Å²) in [6, 6.07) is 7.01. The minimum absolute atomic E-state index is 0.0884. The Kier molecular flexibility index (Phi) is 4.51. The summed E-state index contributed by atoms with van der Waals surface area (Å²) in [4.78, 5) is 30.4. The third-order valence-electron chi connectivity index (χ3n) is 5.32. The van der Waals surface area contributed by atoms with Crippen LogP contribution in [0.4, 0.5) is 0 Å². The summed E-state index contributed by atoms with van der Waals surface area (Å²) >= 11 is 0. The molecule has 7 heteroatoms. The summed E-state index contributed by atoms with van der Waals surface area (Å²) < 4.78 is 3.09. The molecule has 2 N–H and O–H groups in total. The molecule has 4 rings (SSSR count). The molecule has 0 aliphatic heterocycles. The Balaban J connectivity index is 1.88. The molecule has 1 fully saturated rings. The summed E-state index contributed by atoms with van der Waals surface area (Å²) in [5.41, 5.74) is 1.05. The number of aromatic nitrogens is 3. The van der Waals surface area contributed by atoms with Gasteiger partial charge in [-0.15, -0.1) is 0 Å². The first kappa shape index (κ1) is 17.5. The van der Waals surface area contributed by atoms with E-state index in [1.54, 1.807) is 22.9 Å². The number of pyridine rings is 2. The van der Waals surface area contributed by atoms with Gasteiger partial charge in [0.1, 0.15) is 16.8 Å². The molecule has 27 heavy (non-hydrogen) atoms. The van der Waals surface area contributed by atoms with Gasteiger partial charge in [-0.3, -0.25) is 19.4 Å². The van der Waals surface area contributed by atoms with Gasteiger partial charge < -0.3 is 9.88 Å². The van der Waals surface area contributed by atoms with Crippen LogP contribution in [0.5, 0.6) is 0 Å². The van der Waals surface area contributed by atoms with Crippen molar-refractivity contribution in [3.63, 3.8) is 0 Å². The summed E-state index contributed by atoms with van der Waals surface area (Å²) in [5, 5.41) is 11.9. The molecule has 3 aromatic rings. The lowest BCUT2D eigenvalue weighted by Crippen LogP contribution is -2.40. The molecule has 1 aliphatic carbocycles. The zero-order chi connectivity index (χ0) is 19.0. The van der Waals surface area contributed by atoms with Crippen molar-refractivity contribution in [2.24, 2.45) is 0 Å². The molecule has 0 atom stereocenters. The number of carbonyl (C=O) groups excluding carboxylic acids is 1. The number of nitrogens with zero attached hydrogens (tertiary/aromatic N) is 3. The maximum atomic E-state index is 12.9. The van der Waals surface area contributed by atoms with Crippen LogP contribution < -0.4 is 16.4 Å².